The molecule has 4 nitrogen and oxygen atoms in total. The Bertz CT molecular complexity index is 630. The van der Waals surface area contributed by atoms with E-state index in [2.05, 4.69) is 15.0 Å². The normalized spacial score (nSPS) is 10.3. The van der Waals surface area contributed by atoms with E-state index in [-0.39, 0.29) is 15.8 Å². The van der Waals surface area contributed by atoms with Crippen LogP contribution in [0.15, 0.2) is 18.2 Å². The molecule has 19 heavy (non-hydrogen) atoms. The molecule has 0 radical (unpaired) electrons. The van der Waals surface area contributed by atoms with Gasteiger partial charge in [0.15, 0.2) is 15.2 Å². The van der Waals surface area contributed by atoms with Crippen molar-refractivity contribution in [3.8, 4) is 0 Å². The number of ether oxygens (including phenoxy) is 1. The van der Waals surface area contributed by atoms with E-state index in [4.69, 9.17) is 11.6 Å². The van der Waals surface area contributed by atoms with Gasteiger partial charge in [-0.3, -0.25) is 0 Å². The van der Waals surface area contributed by atoms with E-state index in [0.717, 1.165) is 11.3 Å². The molecular formula is C12H10ClFN2O2S. The van der Waals surface area contributed by atoms with Gasteiger partial charge in [0.25, 0.3) is 0 Å². The Morgan fingerprint density at radius 3 is 2.89 bits per heavy atom. The number of aryl methyl sites for hydroxylation is 1. The molecule has 0 atom stereocenters. The van der Waals surface area contributed by atoms with Crippen LogP contribution in [0.3, 0.4) is 0 Å². The summed E-state index contributed by atoms with van der Waals surface area (Å²) in [6, 6.07) is 4.71. The van der Waals surface area contributed by atoms with Gasteiger partial charge in [-0.2, -0.15) is 0 Å². The summed E-state index contributed by atoms with van der Waals surface area (Å²) in [4.78, 5) is 15.6. The monoisotopic (exact) mass is 300 g/mol. The van der Waals surface area contributed by atoms with Crippen LogP contribution in [0.2, 0.25) is 5.15 Å². The second-order valence-electron chi connectivity index (χ2n) is 3.72. The van der Waals surface area contributed by atoms with E-state index < -0.39 is 5.97 Å². The zero-order valence-electron chi connectivity index (χ0n) is 10.2. The van der Waals surface area contributed by atoms with Crippen LogP contribution >= 0.6 is 22.9 Å². The highest BCUT2D eigenvalue weighted by Gasteiger charge is 2.17. The van der Waals surface area contributed by atoms with Crippen LogP contribution in [0.25, 0.3) is 0 Å². The molecule has 1 N–H and O–H groups in total. The largest absolute Gasteiger partial charge is 0.465 e. The van der Waals surface area contributed by atoms with Crippen molar-refractivity contribution < 1.29 is 13.9 Å². The average Bonchev–Trinajstić information content (AvgIpc) is 2.74. The number of halogens is 2. The minimum atomic E-state index is -0.550. The van der Waals surface area contributed by atoms with Gasteiger partial charge in [0, 0.05) is 5.69 Å². The molecule has 0 fully saturated rings. The van der Waals surface area contributed by atoms with Gasteiger partial charge in [-0.05, 0) is 24.6 Å². The summed E-state index contributed by atoms with van der Waals surface area (Å²) in [7, 11) is 1.26. The Hall–Kier alpha value is -1.66. The number of carbonyl (C=O) groups excluding carboxylic acids is 1. The van der Waals surface area contributed by atoms with Crippen LogP contribution in [0.5, 0.6) is 0 Å². The SMILES string of the molecule is COC(=O)c1sc(Nc2ccc(C)c(F)c2)nc1Cl. The van der Waals surface area contributed by atoms with Crippen LogP contribution < -0.4 is 5.32 Å². The Morgan fingerprint density at radius 2 is 2.26 bits per heavy atom. The maximum absolute atomic E-state index is 13.4. The Balaban J connectivity index is 2.24. The Labute approximate surface area is 118 Å². The van der Waals surface area contributed by atoms with Crippen LogP contribution in [0.4, 0.5) is 15.2 Å². The van der Waals surface area contributed by atoms with Gasteiger partial charge >= 0.3 is 5.97 Å². The third-order valence-corrected chi connectivity index (χ3v) is 3.72. The number of hydrogen-bond acceptors (Lipinski definition) is 5. The molecule has 2 aromatic rings. The summed E-state index contributed by atoms with van der Waals surface area (Å²) in [6.07, 6.45) is 0. The Morgan fingerprint density at radius 1 is 1.53 bits per heavy atom. The standard InChI is InChI=1S/C12H10ClFN2O2S/c1-6-3-4-7(5-8(6)14)15-12-16-10(13)9(19-12)11(17)18-2/h3-5H,1-2H3,(H,15,16). The summed E-state index contributed by atoms with van der Waals surface area (Å²) in [5.74, 6) is -0.869. The maximum atomic E-state index is 13.4. The van der Waals surface area contributed by atoms with Crippen molar-refractivity contribution in [2.45, 2.75) is 6.92 Å². The molecular weight excluding hydrogens is 291 g/mol. The number of nitrogens with zero attached hydrogens (tertiary/aromatic N) is 1. The molecule has 1 aromatic carbocycles. The highest BCUT2D eigenvalue weighted by Crippen LogP contribution is 2.30. The third kappa shape index (κ3) is 3.02. The first-order chi connectivity index (χ1) is 9.01. The van der Waals surface area contributed by atoms with Crippen LogP contribution in [-0.2, 0) is 4.74 Å². The number of thiazole rings is 1. The summed E-state index contributed by atoms with van der Waals surface area (Å²) < 4.78 is 18.0. The van der Waals surface area contributed by atoms with Gasteiger partial charge in [-0.25, -0.2) is 14.2 Å². The number of carbonyl (C=O) groups is 1. The minimum absolute atomic E-state index is 0.0620. The number of nitrogens with one attached hydrogen (secondary N) is 1. The molecule has 0 saturated carbocycles. The fourth-order valence-corrected chi connectivity index (χ4v) is 2.49. The fraction of sp³-hybridized carbons (Fsp3) is 0.167. The molecule has 1 aromatic heterocycles. The number of benzene rings is 1. The quantitative estimate of drug-likeness (QED) is 0.877. The summed E-state index contributed by atoms with van der Waals surface area (Å²) >= 11 is 6.87. The molecule has 7 heteroatoms. The number of esters is 1. The minimum Gasteiger partial charge on any atom is -0.465 e. The Kier molecular flexibility index (Phi) is 4.01. The van der Waals surface area contributed by atoms with Crippen molar-refractivity contribution in [2.24, 2.45) is 0 Å². The van der Waals surface area contributed by atoms with Crippen molar-refractivity contribution in [3.63, 3.8) is 0 Å². The molecule has 1 heterocycles. The lowest BCUT2D eigenvalue weighted by Gasteiger charge is -2.03. The summed E-state index contributed by atoms with van der Waals surface area (Å²) in [6.45, 7) is 1.68. The highest BCUT2D eigenvalue weighted by molar-refractivity contribution is 7.18. The number of aromatic nitrogens is 1. The van der Waals surface area contributed by atoms with E-state index in [1.54, 1.807) is 19.1 Å². The predicted molar refractivity (Wildman–Crippen MR) is 72.9 cm³/mol. The second kappa shape index (κ2) is 5.54. The second-order valence-corrected chi connectivity index (χ2v) is 5.08. The molecule has 0 saturated heterocycles. The molecule has 0 unspecified atom stereocenters. The van der Waals surface area contributed by atoms with Crippen LogP contribution in [0.1, 0.15) is 15.2 Å². The van der Waals surface area contributed by atoms with Crippen molar-refractivity contribution >= 4 is 39.7 Å². The van der Waals surface area contributed by atoms with Gasteiger partial charge < -0.3 is 10.1 Å². The van der Waals surface area contributed by atoms with Gasteiger partial charge in [0.05, 0.1) is 7.11 Å². The summed E-state index contributed by atoms with van der Waals surface area (Å²) in [5, 5.41) is 3.35. The van der Waals surface area contributed by atoms with E-state index in [9.17, 15) is 9.18 Å². The molecule has 0 aliphatic rings. The fourth-order valence-electron chi connectivity index (χ4n) is 1.37. The van der Waals surface area contributed by atoms with Crippen LogP contribution in [-0.4, -0.2) is 18.1 Å². The smallest absolute Gasteiger partial charge is 0.351 e. The van der Waals surface area contributed by atoms with E-state index in [1.807, 2.05) is 0 Å². The molecule has 0 bridgehead atoms. The third-order valence-electron chi connectivity index (χ3n) is 2.38. The molecule has 2 rings (SSSR count). The first kappa shape index (κ1) is 13.8. The molecule has 0 aliphatic heterocycles. The van der Waals surface area contributed by atoms with E-state index in [0.29, 0.717) is 16.4 Å². The first-order valence-corrected chi connectivity index (χ1v) is 6.48. The lowest BCUT2D eigenvalue weighted by atomic mass is 10.2. The lowest BCUT2D eigenvalue weighted by Crippen LogP contribution is -1.98. The zero-order valence-corrected chi connectivity index (χ0v) is 11.7. The molecule has 0 amide bonds. The van der Waals surface area contributed by atoms with E-state index >= 15 is 0 Å². The lowest BCUT2D eigenvalue weighted by molar-refractivity contribution is 0.0606. The van der Waals surface area contributed by atoms with Crippen molar-refractivity contribution in [3.05, 3.63) is 39.6 Å². The molecule has 0 spiro atoms. The van der Waals surface area contributed by atoms with Gasteiger partial charge in [-0.1, -0.05) is 29.0 Å². The van der Waals surface area contributed by atoms with Crippen molar-refractivity contribution in [1.82, 2.24) is 4.98 Å². The number of rotatable bonds is 3. The first-order valence-electron chi connectivity index (χ1n) is 5.29. The van der Waals surface area contributed by atoms with Gasteiger partial charge in [0.1, 0.15) is 5.82 Å². The highest BCUT2D eigenvalue weighted by atomic mass is 35.5. The van der Waals surface area contributed by atoms with Gasteiger partial charge in [-0.15, -0.1) is 0 Å². The number of hydrogen-bond donors (Lipinski definition) is 1. The summed E-state index contributed by atoms with van der Waals surface area (Å²) in [5.41, 5.74) is 1.09. The predicted octanol–water partition coefficient (Wildman–Crippen LogP) is 3.77. The topological polar surface area (TPSA) is 51.2 Å². The molecule has 100 valence electrons. The van der Waals surface area contributed by atoms with Crippen molar-refractivity contribution in [1.29, 1.82) is 0 Å². The number of methoxy groups -OCH3 is 1. The van der Waals surface area contributed by atoms with Crippen molar-refractivity contribution in [2.75, 3.05) is 12.4 Å². The number of anilines is 2. The van der Waals surface area contributed by atoms with Crippen LogP contribution in [0, 0.1) is 12.7 Å². The zero-order chi connectivity index (χ0) is 14.0. The van der Waals surface area contributed by atoms with Gasteiger partial charge in [0.2, 0.25) is 0 Å². The average molecular weight is 301 g/mol. The maximum Gasteiger partial charge on any atom is 0.351 e. The van der Waals surface area contributed by atoms with E-state index in [1.165, 1.54) is 13.2 Å². The molecule has 0 aliphatic carbocycles.